The Morgan fingerprint density at radius 3 is 2.18 bits per heavy atom. The predicted octanol–water partition coefficient (Wildman–Crippen LogP) is 4.13. The number of ether oxygens (including phenoxy) is 2. The highest BCUT2D eigenvalue weighted by Crippen LogP contribution is 2.19. The number of benzene rings is 2. The standard InChI is InChI=1S/C29H37N3O6/c1-3-37-27(34)23-10-12-25(13-11-23)30-29(36)32(18-14-22-8-6-5-7-9-22)21-17-26(33)31-19-15-24(16-20-31)28(35)38-4-2/h5-13,24H,3-4,14-21H2,1-2H3,(H,30,36). The molecule has 1 aliphatic heterocycles. The van der Waals surface area contributed by atoms with Crippen LogP contribution in [0.2, 0.25) is 0 Å². The Hall–Kier alpha value is -3.88. The zero-order valence-electron chi connectivity index (χ0n) is 22.2. The molecule has 38 heavy (non-hydrogen) atoms. The summed E-state index contributed by atoms with van der Waals surface area (Å²) >= 11 is 0. The second kappa shape index (κ2) is 14.8. The summed E-state index contributed by atoms with van der Waals surface area (Å²) < 4.78 is 10.1. The maximum Gasteiger partial charge on any atom is 0.338 e. The number of hydrogen-bond acceptors (Lipinski definition) is 6. The molecular weight excluding hydrogens is 486 g/mol. The molecule has 1 aliphatic rings. The normalized spacial score (nSPS) is 13.5. The zero-order valence-corrected chi connectivity index (χ0v) is 22.2. The van der Waals surface area contributed by atoms with Crippen molar-refractivity contribution in [3.8, 4) is 0 Å². The Morgan fingerprint density at radius 2 is 1.55 bits per heavy atom. The molecule has 1 heterocycles. The van der Waals surface area contributed by atoms with Crippen LogP contribution in [-0.4, -0.2) is 73.1 Å². The molecule has 2 aromatic rings. The average Bonchev–Trinajstić information content (AvgIpc) is 2.94. The number of amides is 3. The van der Waals surface area contributed by atoms with Gasteiger partial charge in [0.25, 0.3) is 0 Å². The highest BCUT2D eigenvalue weighted by Gasteiger charge is 2.28. The van der Waals surface area contributed by atoms with E-state index in [-0.39, 0.29) is 43.4 Å². The van der Waals surface area contributed by atoms with Crippen molar-refractivity contribution in [2.45, 2.75) is 39.5 Å². The summed E-state index contributed by atoms with van der Waals surface area (Å²) in [7, 11) is 0. The number of urea groups is 1. The summed E-state index contributed by atoms with van der Waals surface area (Å²) in [5.74, 6) is -0.815. The van der Waals surface area contributed by atoms with E-state index in [9.17, 15) is 19.2 Å². The molecule has 1 N–H and O–H groups in total. The molecule has 0 radical (unpaired) electrons. The fraction of sp³-hybridized carbons (Fsp3) is 0.448. The minimum absolute atomic E-state index is 0.0383. The highest BCUT2D eigenvalue weighted by molar-refractivity contribution is 5.92. The Kier molecular flexibility index (Phi) is 11.1. The lowest BCUT2D eigenvalue weighted by Crippen LogP contribution is -2.43. The van der Waals surface area contributed by atoms with E-state index in [1.807, 2.05) is 30.3 Å². The van der Waals surface area contributed by atoms with E-state index >= 15 is 0 Å². The van der Waals surface area contributed by atoms with Gasteiger partial charge in [-0.2, -0.15) is 0 Å². The number of carbonyl (C=O) groups is 4. The maximum absolute atomic E-state index is 13.2. The number of anilines is 1. The van der Waals surface area contributed by atoms with Gasteiger partial charge >= 0.3 is 18.0 Å². The van der Waals surface area contributed by atoms with E-state index < -0.39 is 5.97 Å². The first-order valence-electron chi connectivity index (χ1n) is 13.2. The van der Waals surface area contributed by atoms with Crippen LogP contribution in [0.3, 0.4) is 0 Å². The van der Waals surface area contributed by atoms with Crippen LogP contribution in [0.25, 0.3) is 0 Å². The number of rotatable bonds is 11. The van der Waals surface area contributed by atoms with Crippen LogP contribution in [0, 0.1) is 5.92 Å². The number of nitrogens with one attached hydrogen (secondary N) is 1. The molecular formula is C29H37N3O6. The van der Waals surface area contributed by atoms with Crippen molar-refractivity contribution in [1.29, 1.82) is 0 Å². The van der Waals surface area contributed by atoms with Gasteiger partial charge in [-0.1, -0.05) is 30.3 Å². The Bertz CT molecular complexity index is 1070. The minimum atomic E-state index is -0.417. The monoisotopic (exact) mass is 523 g/mol. The predicted molar refractivity (Wildman–Crippen MR) is 144 cm³/mol. The van der Waals surface area contributed by atoms with Crippen molar-refractivity contribution >= 4 is 29.6 Å². The second-order valence-corrected chi connectivity index (χ2v) is 9.11. The van der Waals surface area contributed by atoms with E-state index in [0.29, 0.717) is 56.8 Å². The third-order valence-electron chi connectivity index (χ3n) is 6.51. The maximum atomic E-state index is 13.2. The fourth-order valence-corrected chi connectivity index (χ4v) is 4.34. The van der Waals surface area contributed by atoms with Crippen molar-refractivity contribution in [2.24, 2.45) is 5.92 Å². The van der Waals surface area contributed by atoms with Gasteiger partial charge in [-0.05, 0) is 62.9 Å². The van der Waals surface area contributed by atoms with E-state index in [4.69, 9.17) is 9.47 Å². The minimum Gasteiger partial charge on any atom is -0.466 e. The number of piperidine rings is 1. The van der Waals surface area contributed by atoms with E-state index in [1.54, 1.807) is 47.9 Å². The van der Waals surface area contributed by atoms with Crippen molar-refractivity contribution in [1.82, 2.24) is 9.80 Å². The zero-order chi connectivity index (χ0) is 27.3. The van der Waals surface area contributed by atoms with Crippen LogP contribution in [-0.2, 0) is 25.5 Å². The molecule has 0 aliphatic carbocycles. The lowest BCUT2D eigenvalue weighted by Gasteiger charge is -2.31. The SMILES string of the molecule is CCOC(=O)c1ccc(NC(=O)N(CCC(=O)N2CCC(C(=O)OCC)CC2)CCc2ccccc2)cc1. The second-order valence-electron chi connectivity index (χ2n) is 9.11. The van der Waals surface area contributed by atoms with E-state index in [2.05, 4.69) is 5.32 Å². The molecule has 0 unspecified atom stereocenters. The average molecular weight is 524 g/mol. The molecule has 9 heteroatoms. The first-order valence-corrected chi connectivity index (χ1v) is 13.2. The van der Waals surface area contributed by atoms with Crippen LogP contribution in [0.4, 0.5) is 10.5 Å². The van der Waals surface area contributed by atoms with Gasteiger partial charge in [0.1, 0.15) is 0 Å². The summed E-state index contributed by atoms with van der Waals surface area (Å²) in [4.78, 5) is 53.4. The van der Waals surface area contributed by atoms with Crippen LogP contribution >= 0.6 is 0 Å². The largest absolute Gasteiger partial charge is 0.466 e. The number of likely N-dealkylation sites (tertiary alicyclic amines) is 1. The smallest absolute Gasteiger partial charge is 0.338 e. The van der Waals surface area contributed by atoms with Gasteiger partial charge in [0.2, 0.25) is 5.91 Å². The summed E-state index contributed by atoms with van der Waals surface area (Å²) in [5, 5.41) is 2.87. The summed E-state index contributed by atoms with van der Waals surface area (Å²) in [5.41, 5.74) is 2.04. The fourth-order valence-electron chi connectivity index (χ4n) is 4.34. The molecule has 9 nitrogen and oxygen atoms in total. The lowest BCUT2D eigenvalue weighted by atomic mass is 9.97. The third kappa shape index (κ3) is 8.61. The molecule has 0 bridgehead atoms. The molecule has 0 aromatic heterocycles. The number of carbonyl (C=O) groups excluding carboxylic acids is 4. The van der Waals surface area contributed by atoms with Crippen molar-refractivity contribution in [3.05, 3.63) is 65.7 Å². The number of nitrogens with zero attached hydrogens (tertiary/aromatic N) is 2. The van der Waals surface area contributed by atoms with Crippen LogP contribution in [0.15, 0.2) is 54.6 Å². The highest BCUT2D eigenvalue weighted by atomic mass is 16.5. The first-order chi connectivity index (χ1) is 18.4. The van der Waals surface area contributed by atoms with Crippen molar-refractivity contribution in [3.63, 3.8) is 0 Å². The molecule has 1 saturated heterocycles. The van der Waals surface area contributed by atoms with Crippen molar-refractivity contribution in [2.75, 3.05) is 44.7 Å². The van der Waals surface area contributed by atoms with E-state index in [0.717, 1.165) is 5.56 Å². The van der Waals surface area contributed by atoms with Crippen LogP contribution < -0.4 is 5.32 Å². The Labute approximate surface area is 224 Å². The number of esters is 2. The summed E-state index contributed by atoms with van der Waals surface area (Å²) in [6, 6.07) is 16.0. The van der Waals surface area contributed by atoms with Gasteiger partial charge in [-0.15, -0.1) is 0 Å². The Balaban J connectivity index is 1.58. The topological polar surface area (TPSA) is 105 Å². The Morgan fingerprint density at radius 1 is 0.895 bits per heavy atom. The molecule has 3 rings (SSSR count). The molecule has 0 spiro atoms. The molecule has 1 fully saturated rings. The van der Waals surface area contributed by atoms with Crippen molar-refractivity contribution < 1.29 is 28.7 Å². The van der Waals surface area contributed by atoms with E-state index in [1.165, 1.54) is 0 Å². The number of hydrogen-bond donors (Lipinski definition) is 1. The summed E-state index contributed by atoms with van der Waals surface area (Å²) in [6.07, 6.45) is 2.01. The first kappa shape index (κ1) is 28.7. The van der Waals surface area contributed by atoms with Crippen LogP contribution in [0.1, 0.15) is 49.0 Å². The quantitative estimate of drug-likeness (QED) is 0.444. The molecule has 3 amide bonds. The van der Waals surface area contributed by atoms with Gasteiger partial charge in [0.05, 0.1) is 24.7 Å². The molecule has 2 aromatic carbocycles. The van der Waals surface area contributed by atoms with Gasteiger partial charge in [-0.3, -0.25) is 9.59 Å². The third-order valence-corrected chi connectivity index (χ3v) is 6.51. The van der Waals surface area contributed by atoms with Gasteiger partial charge in [0, 0.05) is 38.3 Å². The molecule has 0 saturated carbocycles. The van der Waals surface area contributed by atoms with Gasteiger partial charge in [-0.25, -0.2) is 9.59 Å². The summed E-state index contributed by atoms with van der Waals surface area (Å²) in [6.45, 7) is 5.88. The van der Waals surface area contributed by atoms with Gasteiger partial charge in [0.15, 0.2) is 0 Å². The molecule has 0 atom stereocenters. The van der Waals surface area contributed by atoms with Gasteiger partial charge < -0.3 is 24.6 Å². The lowest BCUT2D eigenvalue weighted by molar-refractivity contribution is -0.151. The van der Waals surface area contributed by atoms with Crippen LogP contribution in [0.5, 0.6) is 0 Å². The molecule has 204 valence electrons.